The average Bonchev–Trinajstić information content (AvgIpc) is 2.56. The van der Waals surface area contributed by atoms with Crippen LogP contribution < -0.4 is 10.6 Å². The van der Waals surface area contributed by atoms with Gasteiger partial charge >= 0.3 is 0 Å². The first-order valence-electron chi connectivity index (χ1n) is 8.03. The third-order valence-electron chi connectivity index (χ3n) is 4.22. The monoisotopic (exact) mass is 380 g/mol. The Bertz CT molecular complexity index is 553. The van der Waals surface area contributed by atoms with Crippen LogP contribution in [-0.2, 0) is 11.3 Å². The minimum Gasteiger partial charge on any atom is -0.359 e. The maximum absolute atomic E-state index is 11.5. The van der Waals surface area contributed by atoms with E-state index < -0.39 is 0 Å². The van der Waals surface area contributed by atoms with Gasteiger partial charge in [0.05, 0.1) is 0 Å². The molecular formula is C17H25BrN4O. The summed E-state index contributed by atoms with van der Waals surface area (Å²) in [5, 5.41) is 6.13. The van der Waals surface area contributed by atoms with Crippen LogP contribution in [0, 0.1) is 5.92 Å². The second-order valence-electron chi connectivity index (χ2n) is 5.84. The number of halogens is 1. The molecule has 0 spiro atoms. The number of carbonyl (C=O) groups is 1. The molecule has 0 radical (unpaired) electrons. The summed E-state index contributed by atoms with van der Waals surface area (Å²) >= 11 is 3.49. The van der Waals surface area contributed by atoms with E-state index >= 15 is 0 Å². The summed E-state index contributed by atoms with van der Waals surface area (Å²) in [5.74, 6) is 1.55. The SMILES string of the molecule is CN=C(NCc1cccc(Br)c1)N1CCC(CC(=O)NC)CC1. The highest BCUT2D eigenvalue weighted by molar-refractivity contribution is 9.10. The number of benzene rings is 1. The zero-order chi connectivity index (χ0) is 16.7. The van der Waals surface area contributed by atoms with Crippen LogP contribution in [0.1, 0.15) is 24.8 Å². The predicted octanol–water partition coefficient (Wildman–Crippen LogP) is 2.37. The number of piperidine rings is 1. The smallest absolute Gasteiger partial charge is 0.220 e. The van der Waals surface area contributed by atoms with Gasteiger partial charge in [0.1, 0.15) is 0 Å². The predicted molar refractivity (Wildman–Crippen MR) is 97.3 cm³/mol. The van der Waals surface area contributed by atoms with Gasteiger partial charge in [0, 0.05) is 44.6 Å². The van der Waals surface area contributed by atoms with Crippen molar-refractivity contribution in [1.29, 1.82) is 0 Å². The van der Waals surface area contributed by atoms with E-state index in [-0.39, 0.29) is 5.91 Å². The van der Waals surface area contributed by atoms with Gasteiger partial charge in [-0.05, 0) is 36.5 Å². The number of carbonyl (C=O) groups excluding carboxylic acids is 1. The first-order chi connectivity index (χ1) is 11.1. The van der Waals surface area contributed by atoms with E-state index in [1.54, 1.807) is 7.05 Å². The molecule has 0 atom stereocenters. The molecule has 1 heterocycles. The standard InChI is InChI=1S/C17H25BrN4O/c1-19-16(23)11-13-6-8-22(9-7-13)17(20-2)21-12-14-4-3-5-15(18)10-14/h3-5,10,13H,6-9,11-12H2,1-2H3,(H,19,23)(H,20,21). The lowest BCUT2D eigenvalue weighted by Gasteiger charge is -2.34. The number of hydrogen-bond donors (Lipinski definition) is 2. The molecule has 1 aromatic rings. The summed E-state index contributed by atoms with van der Waals surface area (Å²) in [4.78, 5) is 18.1. The number of likely N-dealkylation sites (tertiary alicyclic amines) is 1. The zero-order valence-electron chi connectivity index (χ0n) is 13.8. The molecule has 0 aliphatic carbocycles. The second-order valence-corrected chi connectivity index (χ2v) is 6.75. The van der Waals surface area contributed by atoms with Crippen molar-refractivity contribution >= 4 is 27.8 Å². The second kappa shape index (κ2) is 8.91. The molecule has 1 fully saturated rings. The molecule has 126 valence electrons. The van der Waals surface area contributed by atoms with Gasteiger partial charge in [0.25, 0.3) is 0 Å². The fourth-order valence-electron chi connectivity index (χ4n) is 2.87. The van der Waals surface area contributed by atoms with E-state index in [1.165, 1.54) is 5.56 Å². The highest BCUT2D eigenvalue weighted by Gasteiger charge is 2.22. The van der Waals surface area contributed by atoms with Crippen LogP contribution in [0.15, 0.2) is 33.7 Å². The van der Waals surface area contributed by atoms with Crippen molar-refractivity contribution in [2.45, 2.75) is 25.8 Å². The van der Waals surface area contributed by atoms with E-state index in [0.29, 0.717) is 12.3 Å². The van der Waals surface area contributed by atoms with E-state index in [4.69, 9.17) is 0 Å². The lowest BCUT2D eigenvalue weighted by molar-refractivity contribution is -0.121. The molecule has 1 aliphatic heterocycles. The Morgan fingerprint density at radius 2 is 2.13 bits per heavy atom. The van der Waals surface area contributed by atoms with Crippen LogP contribution in [0.4, 0.5) is 0 Å². The van der Waals surface area contributed by atoms with E-state index in [1.807, 2.05) is 19.2 Å². The third-order valence-corrected chi connectivity index (χ3v) is 4.71. The summed E-state index contributed by atoms with van der Waals surface area (Å²) in [5.41, 5.74) is 1.22. The van der Waals surface area contributed by atoms with Crippen molar-refractivity contribution < 1.29 is 4.79 Å². The molecule has 0 saturated carbocycles. The van der Waals surface area contributed by atoms with Crippen LogP contribution in [0.3, 0.4) is 0 Å². The Balaban J connectivity index is 1.82. The molecule has 0 bridgehead atoms. The summed E-state index contributed by atoms with van der Waals surface area (Å²) in [7, 11) is 3.52. The molecule has 1 aliphatic rings. The van der Waals surface area contributed by atoms with Crippen LogP contribution in [0.5, 0.6) is 0 Å². The highest BCUT2D eigenvalue weighted by atomic mass is 79.9. The lowest BCUT2D eigenvalue weighted by atomic mass is 9.93. The molecule has 2 N–H and O–H groups in total. The van der Waals surface area contributed by atoms with Gasteiger partial charge < -0.3 is 15.5 Å². The minimum absolute atomic E-state index is 0.139. The van der Waals surface area contributed by atoms with Gasteiger partial charge in [-0.1, -0.05) is 28.1 Å². The normalized spacial score (nSPS) is 16.3. The van der Waals surface area contributed by atoms with Crippen molar-refractivity contribution in [3.63, 3.8) is 0 Å². The van der Waals surface area contributed by atoms with Crippen LogP contribution in [-0.4, -0.2) is 44.0 Å². The number of rotatable bonds is 4. The van der Waals surface area contributed by atoms with Crippen molar-refractivity contribution in [2.24, 2.45) is 10.9 Å². The Labute approximate surface area is 146 Å². The summed E-state index contributed by atoms with van der Waals surface area (Å²) in [6.45, 7) is 2.64. The first kappa shape index (κ1) is 17.8. The summed E-state index contributed by atoms with van der Waals surface area (Å²) in [6, 6.07) is 8.26. The Hall–Kier alpha value is -1.56. The van der Waals surface area contributed by atoms with Crippen molar-refractivity contribution in [3.8, 4) is 0 Å². The van der Waals surface area contributed by atoms with E-state index in [0.717, 1.165) is 42.9 Å². The molecule has 23 heavy (non-hydrogen) atoms. The van der Waals surface area contributed by atoms with Gasteiger partial charge in [-0.25, -0.2) is 0 Å². The Morgan fingerprint density at radius 3 is 2.74 bits per heavy atom. The van der Waals surface area contributed by atoms with Crippen molar-refractivity contribution in [3.05, 3.63) is 34.3 Å². The number of guanidine groups is 1. The largest absolute Gasteiger partial charge is 0.359 e. The van der Waals surface area contributed by atoms with Crippen molar-refractivity contribution in [1.82, 2.24) is 15.5 Å². The fraction of sp³-hybridized carbons (Fsp3) is 0.529. The molecule has 1 amide bonds. The molecule has 2 rings (SSSR count). The molecule has 5 nitrogen and oxygen atoms in total. The number of nitrogens with zero attached hydrogens (tertiary/aromatic N) is 2. The van der Waals surface area contributed by atoms with Gasteiger partial charge in [0.15, 0.2) is 5.96 Å². The molecule has 6 heteroatoms. The molecule has 1 saturated heterocycles. The molecular weight excluding hydrogens is 356 g/mol. The minimum atomic E-state index is 0.139. The maximum Gasteiger partial charge on any atom is 0.220 e. The maximum atomic E-state index is 11.5. The van der Waals surface area contributed by atoms with Crippen LogP contribution in [0.2, 0.25) is 0 Å². The van der Waals surface area contributed by atoms with Gasteiger partial charge in [-0.2, -0.15) is 0 Å². The topological polar surface area (TPSA) is 56.7 Å². The van der Waals surface area contributed by atoms with Gasteiger partial charge in [0.2, 0.25) is 5.91 Å². The first-order valence-corrected chi connectivity index (χ1v) is 8.82. The quantitative estimate of drug-likeness (QED) is 0.622. The van der Waals surface area contributed by atoms with E-state index in [2.05, 4.69) is 48.6 Å². The van der Waals surface area contributed by atoms with Crippen LogP contribution >= 0.6 is 15.9 Å². The Kier molecular flexibility index (Phi) is 6.89. The third kappa shape index (κ3) is 5.53. The molecule has 1 aromatic carbocycles. The van der Waals surface area contributed by atoms with Crippen molar-refractivity contribution in [2.75, 3.05) is 27.2 Å². The van der Waals surface area contributed by atoms with Gasteiger partial charge in [-0.3, -0.25) is 9.79 Å². The number of aliphatic imine (C=N–C) groups is 1. The number of hydrogen-bond acceptors (Lipinski definition) is 2. The fourth-order valence-corrected chi connectivity index (χ4v) is 3.32. The number of amides is 1. The lowest BCUT2D eigenvalue weighted by Crippen LogP contribution is -2.45. The molecule has 0 aromatic heterocycles. The average molecular weight is 381 g/mol. The highest BCUT2D eigenvalue weighted by Crippen LogP contribution is 2.20. The van der Waals surface area contributed by atoms with Gasteiger partial charge in [-0.15, -0.1) is 0 Å². The number of nitrogens with one attached hydrogen (secondary N) is 2. The van der Waals surface area contributed by atoms with Crippen LogP contribution in [0.25, 0.3) is 0 Å². The zero-order valence-corrected chi connectivity index (χ0v) is 15.4. The molecule has 0 unspecified atom stereocenters. The Morgan fingerprint density at radius 1 is 1.39 bits per heavy atom. The summed E-state index contributed by atoms with van der Waals surface area (Å²) < 4.78 is 1.09. The summed E-state index contributed by atoms with van der Waals surface area (Å²) in [6.07, 6.45) is 2.70. The van der Waals surface area contributed by atoms with E-state index in [9.17, 15) is 4.79 Å².